The van der Waals surface area contributed by atoms with Crippen molar-refractivity contribution in [2.24, 2.45) is 0 Å². The van der Waals surface area contributed by atoms with E-state index in [0.29, 0.717) is 0 Å². The van der Waals surface area contributed by atoms with Crippen LogP contribution in [-0.4, -0.2) is 51.2 Å². The van der Waals surface area contributed by atoms with Crippen LogP contribution < -0.4 is 4.72 Å². The largest absolute Gasteiger partial charge is 0.481 e. The molecule has 2 N–H and O–H groups in total. The molecule has 0 amide bonds. The van der Waals surface area contributed by atoms with E-state index in [1.54, 1.807) is 0 Å². The molecule has 100 valence electrons. The molecule has 0 aliphatic carbocycles. The molecule has 1 rings (SSSR count). The van der Waals surface area contributed by atoms with Gasteiger partial charge in [-0.15, -0.1) is 0 Å². The van der Waals surface area contributed by atoms with Gasteiger partial charge in [-0.05, 0) is 12.8 Å². The summed E-state index contributed by atoms with van der Waals surface area (Å²) >= 11 is 0. The average molecular weight is 285 g/mol. The van der Waals surface area contributed by atoms with Crippen molar-refractivity contribution in [3.05, 3.63) is 0 Å². The lowest BCUT2D eigenvalue weighted by atomic mass is 10.3. The summed E-state index contributed by atoms with van der Waals surface area (Å²) in [4.78, 5) is 10.2. The average Bonchev–Trinajstić information content (AvgIpc) is 2.43. The first-order valence-electron chi connectivity index (χ1n) is 5.12. The Balaban J connectivity index is 2.42. The molecule has 1 atom stereocenters. The predicted octanol–water partition coefficient (Wildman–Crippen LogP) is -1.04. The van der Waals surface area contributed by atoms with Gasteiger partial charge in [0.2, 0.25) is 10.0 Å². The van der Waals surface area contributed by atoms with E-state index in [4.69, 9.17) is 5.11 Å². The number of rotatable bonds is 6. The molecule has 0 spiro atoms. The van der Waals surface area contributed by atoms with Crippen molar-refractivity contribution in [2.45, 2.75) is 25.3 Å². The van der Waals surface area contributed by atoms with E-state index >= 15 is 0 Å². The summed E-state index contributed by atoms with van der Waals surface area (Å²) < 4.78 is 47.5. The molecule has 1 aliphatic rings. The molecule has 0 saturated carbocycles. The number of sulfone groups is 1. The third-order valence-electron chi connectivity index (χ3n) is 2.38. The highest BCUT2D eigenvalue weighted by Gasteiger charge is 2.30. The Kier molecular flexibility index (Phi) is 4.50. The van der Waals surface area contributed by atoms with Crippen molar-refractivity contribution in [1.82, 2.24) is 4.72 Å². The second-order valence-corrected chi connectivity index (χ2v) is 8.14. The number of sulfonamides is 1. The van der Waals surface area contributed by atoms with Crippen LogP contribution in [0, 0.1) is 0 Å². The Morgan fingerprint density at radius 3 is 2.53 bits per heavy atom. The van der Waals surface area contributed by atoms with Crippen molar-refractivity contribution >= 4 is 25.8 Å². The zero-order chi connectivity index (χ0) is 13.1. The molecule has 9 heteroatoms. The molecule has 1 fully saturated rings. The Morgan fingerprint density at radius 2 is 2.06 bits per heavy atom. The van der Waals surface area contributed by atoms with Gasteiger partial charge in [0.25, 0.3) is 0 Å². The maximum absolute atomic E-state index is 11.5. The van der Waals surface area contributed by atoms with Crippen LogP contribution >= 0.6 is 0 Å². The van der Waals surface area contributed by atoms with Crippen LogP contribution in [0.4, 0.5) is 0 Å². The van der Waals surface area contributed by atoms with E-state index in [1.165, 1.54) is 0 Å². The van der Waals surface area contributed by atoms with Gasteiger partial charge in [0.15, 0.2) is 9.84 Å². The summed E-state index contributed by atoms with van der Waals surface area (Å²) in [6.45, 7) is 0. The normalized spacial score (nSPS) is 23.6. The van der Waals surface area contributed by atoms with Gasteiger partial charge in [0, 0.05) is 12.5 Å². The fourth-order valence-electron chi connectivity index (χ4n) is 1.61. The number of carboxylic acids is 1. The second kappa shape index (κ2) is 5.32. The lowest BCUT2D eigenvalue weighted by Crippen LogP contribution is -2.37. The fourth-order valence-corrected chi connectivity index (χ4v) is 4.74. The van der Waals surface area contributed by atoms with Gasteiger partial charge >= 0.3 is 5.97 Å². The van der Waals surface area contributed by atoms with Crippen LogP contribution in [0.1, 0.15) is 19.3 Å². The topological polar surface area (TPSA) is 118 Å². The lowest BCUT2D eigenvalue weighted by molar-refractivity contribution is -0.137. The lowest BCUT2D eigenvalue weighted by Gasteiger charge is -2.10. The summed E-state index contributed by atoms with van der Waals surface area (Å²) in [5, 5.41) is 8.37. The zero-order valence-corrected chi connectivity index (χ0v) is 10.8. The molecule has 17 heavy (non-hydrogen) atoms. The van der Waals surface area contributed by atoms with Gasteiger partial charge < -0.3 is 5.11 Å². The number of aliphatic carboxylic acids is 1. The Bertz CT molecular complexity index is 480. The number of carbonyl (C=O) groups is 1. The van der Waals surface area contributed by atoms with E-state index in [2.05, 4.69) is 4.72 Å². The molecule has 1 aliphatic heterocycles. The number of nitrogens with one attached hydrogen (secondary N) is 1. The maximum Gasteiger partial charge on any atom is 0.303 e. The third kappa shape index (κ3) is 5.46. The van der Waals surface area contributed by atoms with E-state index < -0.39 is 31.9 Å². The first kappa shape index (κ1) is 14.4. The molecule has 1 unspecified atom stereocenters. The highest BCUT2D eigenvalue weighted by Crippen LogP contribution is 2.12. The molecule has 0 aromatic heterocycles. The smallest absolute Gasteiger partial charge is 0.303 e. The van der Waals surface area contributed by atoms with Gasteiger partial charge in [-0.25, -0.2) is 21.6 Å². The van der Waals surface area contributed by atoms with Crippen LogP contribution in [0.25, 0.3) is 0 Å². The summed E-state index contributed by atoms with van der Waals surface area (Å²) in [5.41, 5.74) is 0. The zero-order valence-electron chi connectivity index (χ0n) is 9.12. The highest BCUT2D eigenvalue weighted by molar-refractivity contribution is 7.92. The Labute approximate surface area is 100 Å². The molecule has 1 heterocycles. The summed E-state index contributed by atoms with van der Waals surface area (Å²) in [7, 11) is -6.71. The second-order valence-electron chi connectivity index (χ2n) is 4.03. The Morgan fingerprint density at radius 1 is 1.41 bits per heavy atom. The van der Waals surface area contributed by atoms with E-state index in [-0.39, 0.29) is 36.5 Å². The third-order valence-corrected chi connectivity index (χ3v) is 5.67. The number of hydrogen-bond donors (Lipinski definition) is 2. The molecular weight excluding hydrogens is 270 g/mol. The van der Waals surface area contributed by atoms with Crippen LogP contribution in [0.2, 0.25) is 0 Å². The number of hydrogen-bond acceptors (Lipinski definition) is 5. The Hall–Kier alpha value is -0.670. The van der Waals surface area contributed by atoms with E-state index in [0.717, 1.165) is 0 Å². The SMILES string of the molecule is O=C(O)CCCS(=O)(=O)NC1CCS(=O)(=O)C1. The van der Waals surface area contributed by atoms with Gasteiger partial charge in [-0.3, -0.25) is 4.79 Å². The molecular formula is C8H15NO6S2. The standard InChI is InChI=1S/C8H15NO6S2/c10-8(11)2-1-4-17(14,15)9-7-3-5-16(12,13)6-7/h7,9H,1-6H2,(H,10,11). The minimum atomic E-state index is -3.59. The molecule has 1 saturated heterocycles. The van der Waals surface area contributed by atoms with Crippen molar-refractivity contribution in [1.29, 1.82) is 0 Å². The summed E-state index contributed by atoms with van der Waals surface area (Å²) in [5.74, 6) is -1.53. The molecule has 7 nitrogen and oxygen atoms in total. The highest BCUT2D eigenvalue weighted by atomic mass is 32.2. The van der Waals surface area contributed by atoms with Crippen molar-refractivity contribution < 1.29 is 26.7 Å². The predicted molar refractivity (Wildman–Crippen MR) is 60.9 cm³/mol. The van der Waals surface area contributed by atoms with E-state index in [9.17, 15) is 21.6 Å². The van der Waals surface area contributed by atoms with Gasteiger partial charge in [0.1, 0.15) is 0 Å². The van der Waals surface area contributed by atoms with Crippen LogP contribution in [0.3, 0.4) is 0 Å². The van der Waals surface area contributed by atoms with E-state index in [1.807, 2.05) is 0 Å². The minimum absolute atomic E-state index is 0.00465. The molecule has 0 radical (unpaired) electrons. The maximum atomic E-state index is 11.5. The van der Waals surface area contributed by atoms with Gasteiger partial charge in [-0.2, -0.15) is 0 Å². The van der Waals surface area contributed by atoms with Crippen molar-refractivity contribution in [3.63, 3.8) is 0 Å². The van der Waals surface area contributed by atoms with Crippen molar-refractivity contribution in [3.8, 4) is 0 Å². The minimum Gasteiger partial charge on any atom is -0.481 e. The summed E-state index contributed by atoms with van der Waals surface area (Å²) in [6, 6.07) is -0.574. The monoisotopic (exact) mass is 285 g/mol. The van der Waals surface area contributed by atoms with Gasteiger partial charge in [-0.1, -0.05) is 0 Å². The summed E-state index contributed by atoms with van der Waals surface area (Å²) in [6.07, 6.45) is 0.0779. The van der Waals surface area contributed by atoms with Crippen LogP contribution in [0.5, 0.6) is 0 Å². The fraction of sp³-hybridized carbons (Fsp3) is 0.875. The first-order valence-corrected chi connectivity index (χ1v) is 8.60. The number of carboxylic acid groups (broad SMARTS) is 1. The first-order chi connectivity index (χ1) is 7.70. The van der Waals surface area contributed by atoms with Crippen LogP contribution in [0.15, 0.2) is 0 Å². The van der Waals surface area contributed by atoms with Gasteiger partial charge in [0.05, 0.1) is 17.3 Å². The quantitative estimate of drug-likeness (QED) is 0.643. The van der Waals surface area contributed by atoms with Crippen LogP contribution in [-0.2, 0) is 24.7 Å². The van der Waals surface area contributed by atoms with Crippen molar-refractivity contribution in [2.75, 3.05) is 17.3 Å². The molecule has 0 aromatic carbocycles. The molecule has 0 aromatic rings. The molecule has 0 bridgehead atoms.